The van der Waals surface area contributed by atoms with E-state index in [9.17, 15) is 18.0 Å². The van der Waals surface area contributed by atoms with E-state index in [-0.39, 0.29) is 16.6 Å². The summed E-state index contributed by atoms with van der Waals surface area (Å²) < 4.78 is 49.5. The van der Waals surface area contributed by atoms with E-state index in [4.69, 9.17) is 21.1 Å². The van der Waals surface area contributed by atoms with Crippen LogP contribution in [0.1, 0.15) is 19.4 Å². The Hall–Kier alpha value is -2.28. The second-order valence-corrected chi connectivity index (χ2v) is 5.38. The van der Waals surface area contributed by atoms with E-state index >= 15 is 0 Å². The third kappa shape index (κ3) is 4.61. The summed E-state index contributed by atoms with van der Waals surface area (Å²) in [6.45, 7) is 2.99. The largest absolute Gasteiger partial charge is 0.483 e. The highest BCUT2D eigenvalue weighted by Gasteiger charge is 2.36. The number of ether oxygens (including phenoxy) is 2. The zero-order valence-electron chi connectivity index (χ0n) is 12.7. The molecular weight excluding hydrogens is 347 g/mol. The number of hydrogen-bond donors (Lipinski definition) is 0. The molecule has 128 valence electrons. The van der Waals surface area contributed by atoms with Gasteiger partial charge in [0.2, 0.25) is 5.88 Å². The molecule has 1 aromatic heterocycles. The Kier molecular flexibility index (Phi) is 5.33. The molecule has 0 fully saturated rings. The molecule has 0 aliphatic rings. The lowest BCUT2D eigenvalue weighted by atomic mass is 10.2. The topological polar surface area (TPSA) is 48.4 Å². The number of hydrogen-bond acceptors (Lipinski definition) is 4. The van der Waals surface area contributed by atoms with Gasteiger partial charge in [-0.15, -0.1) is 0 Å². The first kappa shape index (κ1) is 18.1. The molecular formula is C16H13ClF3NO3. The molecule has 0 radical (unpaired) electrons. The van der Waals surface area contributed by atoms with Gasteiger partial charge in [-0.05, 0) is 44.2 Å². The Balaban J connectivity index is 2.19. The maximum atomic E-state index is 13.0. The molecule has 0 amide bonds. The molecule has 4 nitrogen and oxygen atoms in total. The normalized spacial score (nSPS) is 12.6. The molecule has 1 aromatic carbocycles. The number of ketones is 1. The van der Waals surface area contributed by atoms with E-state index in [0.717, 1.165) is 12.3 Å². The molecule has 0 spiro atoms. The van der Waals surface area contributed by atoms with Gasteiger partial charge in [-0.2, -0.15) is 13.2 Å². The van der Waals surface area contributed by atoms with Gasteiger partial charge in [0.15, 0.2) is 11.9 Å². The summed E-state index contributed by atoms with van der Waals surface area (Å²) in [5.41, 5.74) is -1.07. The number of alkyl halides is 3. The molecule has 0 saturated heterocycles. The van der Waals surface area contributed by atoms with Crippen LogP contribution in [0.25, 0.3) is 0 Å². The Labute approximate surface area is 141 Å². The van der Waals surface area contributed by atoms with Gasteiger partial charge in [0, 0.05) is 6.20 Å². The first-order valence-corrected chi connectivity index (χ1v) is 7.22. The lowest BCUT2D eigenvalue weighted by Crippen LogP contribution is -2.20. The molecule has 0 saturated carbocycles. The van der Waals surface area contributed by atoms with E-state index in [1.54, 1.807) is 6.92 Å². The van der Waals surface area contributed by atoms with Crippen molar-refractivity contribution < 1.29 is 27.4 Å². The second kappa shape index (κ2) is 7.09. The summed E-state index contributed by atoms with van der Waals surface area (Å²) in [5.74, 6) is -0.212. The monoisotopic (exact) mass is 359 g/mol. The van der Waals surface area contributed by atoms with E-state index in [1.807, 2.05) is 0 Å². The third-order valence-corrected chi connectivity index (χ3v) is 3.25. The van der Waals surface area contributed by atoms with Crippen LogP contribution in [0.3, 0.4) is 0 Å². The van der Waals surface area contributed by atoms with Crippen molar-refractivity contribution in [3.05, 3.63) is 47.1 Å². The van der Waals surface area contributed by atoms with Gasteiger partial charge in [0.1, 0.15) is 17.1 Å². The summed E-state index contributed by atoms with van der Waals surface area (Å²) >= 11 is 5.56. The quantitative estimate of drug-likeness (QED) is 0.761. The second-order valence-electron chi connectivity index (χ2n) is 4.95. The molecule has 1 heterocycles. The molecule has 0 N–H and O–H groups in total. The van der Waals surface area contributed by atoms with Crippen LogP contribution in [0.5, 0.6) is 17.4 Å². The van der Waals surface area contributed by atoms with Gasteiger partial charge in [-0.3, -0.25) is 4.79 Å². The van der Waals surface area contributed by atoms with Crippen LogP contribution in [0.4, 0.5) is 13.2 Å². The Morgan fingerprint density at radius 1 is 1.21 bits per heavy atom. The van der Waals surface area contributed by atoms with E-state index in [2.05, 4.69) is 4.98 Å². The highest BCUT2D eigenvalue weighted by Crippen LogP contribution is 2.38. The van der Waals surface area contributed by atoms with Crippen molar-refractivity contribution in [2.75, 3.05) is 0 Å². The number of pyridine rings is 1. The van der Waals surface area contributed by atoms with E-state index < -0.39 is 23.7 Å². The SMILES string of the molecule is CC(=O)C(C)Oc1ccc(Oc2ncc(Cl)cc2C(F)(F)F)cc1. The Morgan fingerprint density at radius 2 is 1.79 bits per heavy atom. The minimum atomic E-state index is -4.65. The van der Waals surface area contributed by atoms with Gasteiger partial charge < -0.3 is 9.47 Å². The van der Waals surface area contributed by atoms with Crippen LogP contribution in [0, 0.1) is 0 Å². The van der Waals surface area contributed by atoms with Crippen LogP contribution in [-0.2, 0) is 11.0 Å². The van der Waals surface area contributed by atoms with Crippen LogP contribution in [0.15, 0.2) is 36.5 Å². The molecule has 0 aliphatic heterocycles. The number of carbonyl (C=O) groups excluding carboxylic acids is 1. The number of carbonyl (C=O) groups is 1. The number of rotatable bonds is 5. The number of nitrogens with zero attached hydrogens (tertiary/aromatic N) is 1. The fourth-order valence-electron chi connectivity index (χ4n) is 1.70. The lowest BCUT2D eigenvalue weighted by Gasteiger charge is -2.14. The number of aromatic nitrogens is 1. The van der Waals surface area contributed by atoms with Crippen molar-refractivity contribution in [1.82, 2.24) is 4.98 Å². The molecule has 24 heavy (non-hydrogen) atoms. The fraction of sp³-hybridized carbons (Fsp3) is 0.250. The van der Waals surface area contributed by atoms with Crippen molar-refractivity contribution in [2.24, 2.45) is 0 Å². The molecule has 2 aromatic rings. The summed E-state index contributed by atoms with van der Waals surface area (Å²) in [6, 6.07) is 6.54. The first-order valence-electron chi connectivity index (χ1n) is 6.84. The van der Waals surface area contributed by atoms with Gasteiger partial charge in [0.05, 0.1) is 5.02 Å². The maximum Gasteiger partial charge on any atom is 0.421 e. The average molecular weight is 360 g/mol. The zero-order valence-corrected chi connectivity index (χ0v) is 13.5. The predicted octanol–water partition coefficient (Wildman–Crippen LogP) is 4.90. The van der Waals surface area contributed by atoms with Gasteiger partial charge >= 0.3 is 6.18 Å². The van der Waals surface area contributed by atoms with Crippen molar-refractivity contribution >= 4 is 17.4 Å². The van der Waals surface area contributed by atoms with Crippen molar-refractivity contribution in [1.29, 1.82) is 0 Å². The summed E-state index contributed by atoms with van der Waals surface area (Å²) in [4.78, 5) is 14.7. The van der Waals surface area contributed by atoms with Crippen LogP contribution < -0.4 is 9.47 Å². The van der Waals surface area contributed by atoms with Crippen molar-refractivity contribution in [3.63, 3.8) is 0 Å². The first-order chi connectivity index (χ1) is 11.2. The number of benzene rings is 1. The maximum absolute atomic E-state index is 13.0. The highest BCUT2D eigenvalue weighted by molar-refractivity contribution is 6.30. The highest BCUT2D eigenvalue weighted by atomic mass is 35.5. The molecule has 8 heteroatoms. The summed E-state index contributed by atoms with van der Waals surface area (Å²) in [6.07, 6.45) is -4.20. The van der Waals surface area contributed by atoms with Crippen LogP contribution in [0.2, 0.25) is 5.02 Å². The minimum absolute atomic E-state index is 0.137. The predicted molar refractivity (Wildman–Crippen MR) is 81.5 cm³/mol. The number of halogens is 4. The fourth-order valence-corrected chi connectivity index (χ4v) is 1.85. The Morgan fingerprint density at radius 3 is 2.33 bits per heavy atom. The van der Waals surface area contributed by atoms with E-state index in [0.29, 0.717) is 5.75 Å². The summed E-state index contributed by atoms with van der Waals surface area (Å²) in [5, 5.41) is -0.142. The van der Waals surface area contributed by atoms with E-state index in [1.165, 1.54) is 31.2 Å². The zero-order chi connectivity index (χ0) is 17.9. The Bertz CT molecular complexity index is 732. The van der Waals surface area contributed by atoms with Gasteiger partial charge in [-0.25, -0.2) is 4.98 Å². The average Bonchev–Trinajstić information content (AvgIpc) is 2.49. The van der Waals surface area contributed by atoms with Crippen molar-refractivity contribution in [2.45, 2.75) is 26.1 Å². The third-order valence-electron chi connectivity index (χ3n) is 3.05. The minimum Gasteiger partial charge on any atom is -0.483 e. The molecule has 2 rings (SSSR count). The van der Waals surface area contributed by atoms with Gasteiger partial charge in [-0.1, -0.05) is 11.6 Å². The lowest BCUT2D eigenvalue weighted by molar-refractivity contribution is -0.138. The van der Waals surface area contributed by atoms with Gasteiger partial charge in [0.25, 0.3) is 0 Å². The van der Waals surface area contributed by atoms with Crippen molar-refractivity contribution in [3.8, 4) is 17.4 Å². The molecule has 0 bridgehead atoms. The molecule has 1 unspecified atom stereocenters. The smallest absolute Gasteiger partial charge is 0.421 e. The van der Waals surface area contributed by atoms with Crippen LogP contribution >= 0.6 is 11.6 Å². The molecule has 1 atom stereocenters. The summed E-state index contributed by atoms with van der Waals surface area (Å²) in [7, 11) is 0. The molecule has 0 aliphatic carbocycles. The number of Topliss-reactive ketones (excluding diaryl/α,β-unsaturated/α-hetero) is 1. The standard InChI is InChI=1S/C16H13ClF3NO3/c1-9(22)10(2)23-12-3-5-13(6-4-12)24-15-14(16(18,19)20)7-11(17)8-21-15/h3-8,10H,1-2H3. The van der Waals surface area contributed by atoms with Crippen LogP contribution in [-0.4, -0.2) is 16.9 Å².